The van der Waals surface area contributed by atoms with Crippen molar-refractivity contribution in [3.8, 4) is 0 Å². The molecule has 0 radical (unpaired) electrons. The number of nitrogens with zero attached hydrogens (tertiary/aromatic N) is 3. The molecule has 3 fully saturated rings. The highest BCUT2D eigenvalue weighted by molar-refractivity contribution is 5.96. The number of likely N-dealkylation sites (tertiary alicyclic amines) is 1. The van der Waals surface area contributed by atoms with Gasteiger partial charge in [-0.05, 0) is 44.4 Å². The summed E-state index contributed by atoms with van der Waals surface area (Å²) >= 11 is 0. The van der Waals surface area contributed by atoms with E-state index in [4.69, 9.17) is 0 Å². The molecule has 118 valence electrons. The highest BCUT2D eigenvalue weighted by atomic mass is 16.2. The molecule has 1 atom stereocenters. The third-order valence-electron chi connectivity index (χ3n) is 5.63. The van der Waals surface area contributed by atoms with Crippen LogP contribution in [-0.2, 0) is 4.79 Å². The number of likely N-dealkylation sites (N-methyl/N-ethyl adjacent to an activating group) is 1. The lowest BCUT2D eigenvalue weighted by Gasteiger charge is -2.47. The Bertz CT molecular complexity index is 557. The second kappa shape index (κ2) is 5.36. The molecule has 1 aromatic rings. The van der Waals surface area contributed by atoms with Crippen LogP contribution in [-0.4, -0.2) is 61.0 Å². The molecule has 4 heteroatoms. The second-order valence-corrected chi connectivity index (χ2v) is 7.32. The first-order chi connectivity index (χ1) is 10.7. The van der Waals surface area contributed by atoms with Crippen LogP contribution >= 0.6 is 0 Å². The largest absolute Gasteiger partial charge is 0.309 e. The van der Waals surface area contributed by atoms with E-state index in [1.165, 1.54) is 32.4 Å². The molecule has 2 saturated heterocycles. The molecule has 1 unspecified atom stereocenters. The molecule has 2 heterocycles. The molecular weight excluding hydrogens is 274 g/mol. The van der Waals surface area contributed by atoms with Gasteiger partial charge in [0.1, 0.15) is 0 Å². The Morgan fingerprint density at radius 3 is 2.68 bits per heavy atom. The van der Waals surface area contributed by atoms with E-state index in [9.17, 15) is 4.79 Å². The van der Waals surface area contributed by atoms with Crippen molar-refractivity contribution in [2.45, 2.75) is 24.8 Å². The molecule has 1 aliphatic carbocycles. The van der Waals surface area contributed by atoms with Crippen molar-refractivity contribution < 1.29 is 4.79 Å². The summed E-state index contributed by atoms with van der Waals surface area (Å²) in [6, 6.07) is 10.1. The number of carbonyl (C=O) groups is 1. The number of para-hydroxylation sites is 1. The van der Waals surface area contributed by atoms with Crippen molar-refractivity contribution in [3.05, 3.63) is 30.3 Å². The average Bonchev–Trinajstić information content (AvgIpc) is 3.24. The fraction of sp³-hybridized carbons (Fsp3) is 0.611. The van der Waals surface area contributed by atoms with Gasteiger partial charge in [0.2, 0.25) is 5.91 Å². The summed E-state index contributed by atoms with van der Waals surface area (Å²) in [5.74, 6) is 1.16. The first-order valence-electron chi connectivity index (χ1n) is 8.45. The first-order valence-corrected chi connectivity index (χ1v) is 8.45. The fourth-order valence-electron chi connectivity index (χ4n) is 4.00. The minimum atomic E-state index is 0.138. The van der Waals surface area contributed by atoms with Crippen LogP contribution in [0, 0.1) is 5.92 Å². The fourth-order valence-corrected chi connectivity index (χ4v) is 4.00. The van der Waals surface area contributed by atoms with Crippen molar-refractivity contribution in [2.24, 2.45) is 5.92 Å². The Morgan fingerprint density at radius 2 is 1.95 bits per heavy atom. The lowest BCUT2D eigenvalue weighted by Crippen LogP contribution is -2.64. The third-order valence-corrected chi connectivity index (χ3v) is 5.63. The van der Waals surface area contributed by atoms with E-state index in [1.54, 1.807) is 0 Å². The summed E-state index contributed by atoms with van der Waals surface area (Å²) < 4.78 is 0. The number of hydrogen-bond donors (Lipinski definition) is 0. The Balaban J connectivity index is 1.53. The summed E-state index contributed by atoms with van der Waals surface area (Å²) in [5, 5.41) is 0. The van der Waals surface area contributed by atoms with Crippen LogP contribution in [0.2, 0.25) is 0 Å². The number of rotatable bonds is 3. The number of anilines is 1. The summed E-state index contributed by atoms with van der Waals surface area (Å²) in [7, 11) is 2.13. The van der Waals surface area contributed by atoms with E-state index < -0.39 is 0 Å². The summed E-state index contributed by atoms with van der Waals surface area (Å²) in [5.41, 5.74) is 1.18. The van der Waals surface area contributed by atoms with E-state index in [0.29, 0.717) is 6.54 Å². The van der Waals surface area contributed by atoms with Gasteiger partial charge in [0.05, 0.1) is 12.1 Å². The van der Waals surface area contributed by atoms with Crippen LogP contribution in [0.5, 0.6) is 0 Å². The molecule has 22 heavy (non-hydrogen) atoms. The standard InChI is InChI=1S/C18H25N3O/c1-19-12-17(22)21(16-5-3-2-4-6-16)14-18(19)9-10-20(13-18)11-15-7-8-15/h2-6,15H,7-14H2,1H3. The zero-order valence-corrected chi connectivity index (χ0v) is 13.4. The normalized spacial score (nSPS) is 30.4. The van der Waals surface area contributed by atoms with Gasteiger partial charge in [0, 0.05) is 31.9 Å². The van der Waals surface area contributed by atoms with E-state index in [0.717, 1.165) is 24.7 Å². The van der Waals surface area contributed by atoms with Crippen molar-refractivity contribution in [1.29, 1.82) is 0 Å². The molecule has 1 spiro atoms. The van der Waals surface area contributed by atoms with Gasteiger partial charge in [-0.2, -0.15) is 0 Å². The number of piperazine rings is 1. The highest BCUT2D eigenvalue weighted by Crippen LogP contribution is 2.36. The number of benzene rings is 1. The molecular formula is C18H25N3O. The van der Waals surface area contributed by atoms with Crippen LogP contribution in [0.1, 0.15) is 19.3 Å². The molecule has 4 nitrogen and oxygen atoms in total. The average molecular weight is 299 g/mol. The molecule has 0 bridgehead atoms. The second-order valence-electron chi connectivity index (χ2n) is 7.32. The lowest BCUT2D eigenvalue weighted by atomic mass is 9.92. The van der Waals surface area contributed by atoms with E-state index in [1.807, 2.05) is 35.2 Å². The van der Waals surface area contributed by atoms with Crippen molar-refractivity contribution in [3.63, 3.8) is 0 Å². The summed E-state index contributed by atoms with van der Waals surface area (Å²) in [6.07, 6.45) is 3.99. The van der Waals surface area contributed by atoms with Crippen molar-refractivity contribution in [1.82, 2.24) is 9.80 Å². The monoisotopic (exact) mass is 299 g/mol. The van der Waals surface area contributed by atoms with E-state index >= 15 is 0 Å². The SMILES string of the molecule is CN1CC(=O)N(c2ccccc2)CC12CCN(CC1CC1)C2. The maximum atomic E-state index is 12.5. The van der Waals surface area contributed by atoms with Gasteiger partial charge in [-0.3, -0.25) is 9.69 Å². The topological polar surface area (TPSA) is 26.8 Å². The van der Waals surface area contributed by atoms with Gasteiger partial charge in [-0.1, -0.05) is 18.2 Å². The first kappa shape index (κ1) is 14.2. The van der Waals surface area contributed by atoms with Crippen molar-refractivity contribution >= 4 is 11.6 Å². The number of hydrogen-bond acceptors (Lipinski definition) is 3. The van der Waals surface area contributed by atoms with Gasteiger partial charge in [0.25, 0.3) is 0 Å². The maximum Gasteiger partial charge on any atom is 0.241 e. The van der Waals surface area contributed by atoms with Gasteiger partial charge < -0.3 is 9.80 Å². The Labute approximate surface area is 132 Å². The zero-order chi connectivity index (χ0) is 15.2. The predicted octanol–water partition coefficient (Wildman–Crippen LogP) is 1.82. The molecule has 3 aliphatic rings. The Hall–Kier alpha value is -1.39. The molecule has 1 aromatic carbocycles. The summed E-state index contributed by atoms with van der Waals surface area (Å²) in [6.45, 7) is 4.91. The Morgan fingerprint density at radius 1 is 1.18 bits per heavy atom. The molecule has 4 rings (SSSR count). The zero-order valence-electron chi connectivity index (χ0n) is 13.4. The van der Waals surface area contributed by atoms with Gasteiger partial charge in [-0.15, -0.1) is 0 Å². The highest BCUT2D eigenvalue weighted by Gasteiger charge is 2.48. The van der Waals surface area contributed by atoms with Gasteiger partial charge in [-0.25, -0.2) is 0 Å². The van der Waals surface area contributed by atoms with Crippen LogP contribution in [0.3, 0.4) is 0 Å². The van der Waals surface area contributed by atoms with E-state index in [-0.39, 0.29) is 11.4 Å². The Kier molecular flexibility index (Phi) is 3.46. The number of carbonyl (C=O) groups excluding carboxylic acids is 1. The lowest BCUT2D eigenvalue weighted by molar-refractivity contribution is -0.123. The number of amides is 1. The molecule has 1 amide bonds. The van der Waals surface area contributed by atoms with Crippen molar-refractivity contribution in [2.75, 3.05) is 44.7 Å². The van der Waals surface area contributed by atoms with Gasteiger partial charge >= 0.3 is 0 Å². The van der Waals surface area contributed by atoms with Crippen LogP contribution in [0.15, 0.2) is 30.3 Å². The minimum absolute atomic E-state index is 0.138. The predicted molar refractivity (Wildman–Crippen MR) is 87.9 cm³/mol. The molecule has 1 saturated carbocycles. The molecule has 0 aromatic heterocycles. The third kappa shape index (κ3) is 2.55. The summed E-state index contributed by atoms with van der Waals surface area (Å²) in [4.78, 5) is 19.4. The smallest absolute Gasteiger partial charge is 0.241 e. The maximum absolute atomic E-state index is 12.5. The van der Waals surface area contributed by atoms with Crippen LogP contribution in [0.4, 0.5) is 5.69 Å². The van der Waals surface area contributed by atoms with Crippen LogP contribution < -0.4 is 4.90 Å². The quantitative estimate of drug-likeness (QED) is 0.852. The van der Waals surface area contributed by atoms with Crippen LogP contribution in [0.25, 0.3) is 0 Å². The molecule has 2 aliphatic heterocycles. The van der Waals surface area contributed by atoms with Gasteiger partial charge in [0.15, 0.2) is 0 Å². The molecule has 0 N–H and O–H groups in total. The minimum Gasteiger partial charge on any atom is -0.309 e. The van der Waals surface area contributed by atoms with E-state index in [2.05, 4.69) is 16.8 Å².